The molecule has 0 radical (unpaired) electrons. The van der Waals surface area contributed by atoms with E-state index in [9.17, 15) is 5.11 Å². The molecule has 1 atom stereocenters. The van der Waals surface area contributed by atoms with Gasteiger partial charge < -0.3 is 5.11 Å². The lowest BCUT2D eigenvalue weighted by Gasteiger charge is -2.11. The second kappa shape index (κ2) is 5.85. The predicted octanol–water partition coefficient (Wildman–Crippen LogP) is 5.20. The van der Waals surface area contributed by atoms with Gasteiger partial charge in [0.05, 0.1) is 6.10 Å². The zero-order valence-electron chi connectivity index (χ0n) is 8.66. The predicted molar refractivity (Wildman–Crippen MR) is 79.8 cm³/mol. The van der Waals surface area contributed by atoms with E-state index in [0.717, 1.165) is 19.4 Å². The molecule has 0 aliphatic rings. The van der Waals surface area contributed by atoms with Crippen LogP contribution in [0.2, 0.25) is 5.02 Å². The van der Waals surface area contributed by atoms with E-state index >= 15 is 0 Å². The Hall–Kier alpha value is 0.130. The molecule has 1 nitrogen and oxygen atoms in total. The summed E-state index contributed by atoms with van der Waals surface area (Å²) in [6.07, 6.45) is -0.00588. The van der Waals surface area contributed by atoms with Crippen molar-refractivity contribution in [2.45, 2.75) is 12.5 Å². The van der Waals surface area contributed by atoms with Crippen LogP contribution in [0.3, 0.4) is 0 Å². The fraction of sp³-hybridized carbons (Fsp3) is 0.167. The van der Waals surface area contributed by atoms with E-state index in [-0.39, 0.29) is 0 Å². The van der Waals surface area contributed by atoms with Gasteiger partial charge in [-0.15, -0.1) is 11.3 Å². The first-order chi connectivity index (χ1) is 8.08. The molecule has 2 aromatic rings. The van der Waals surface area contributed by atoms with Crippen LogP contribution in [0.25, 0.3) is 0 Å². The molecule has 0 aliphatic carbocycles. The summed E-state index contributed by atoms with van der Waals surface area (Å²) in [7, 11) is 0. The molecular formula is C12H9Br2ClOS. The fourth-order valence-corrected chi connectivity index (χ4v) is 3.91. The molecule has 17 heavy (non-hydrogen) atoms. The molecule has 1 aromatic carbocycles. The van der Waals surface area contributed by atoms with Gasteiger partial charge in [-0.25, -0.2) is 0 Å². The number of hydrogen-bond acceptors (Lipinski definition) is 2. The van der Waals surface area contributed by atoms with E-state index in [1.165, 1.54) is 11.3 Å². The molecule has 90 valence electrons. The zero-order chi connectivity index (χ0) is 12.4. The van der Waals surface area contributed by atoms with Crippen molar-refractivity contribution in [3.63, 3.8) is 0 Å². The Morgan fingerprint density at radius 2 is 2.06 bits per heavy atom. The normalized spacial score (nSPS) is 12.7. The summed E-state index contributed by atoms with van der Waals surface area (Å²) in [5.41, 5.74) is 0.947. The monoisotopic (exact) mass is 394 g/mol. The summed E-state index contributed by atoms with van der Waals surface area (Å²) in [4.78, 5) is 0.934. The van der Waals surface area contributed by atoms with E-state index in [0.29, 0.717) is 11.4 Å². The standard InChI is InChI=1S/C12H9Br2ClOS/c13-8-2-1-7(10(15)6-8)5-11(16)12-9(14)3-4-17-12/h1-4,6,11,16H,5H2. The molecule has 1 heterocycles. The van der Waals surface area contributed by atoms with Crippen LogP contribution in [-0.4, -0.2) is 5.11 Å². The van der Waals surface area contributed by atoms with Crippen LogP contribution in [0.4, 0.5) is 0 Å². The average molecular weight is 397 g/mol. The van der Waals surface area contributed by atoms with Gasteiger partial charge in [-0.05, 0) is 45.1 Å². The van der Waals surface area contributed by atoms with Crippen LogP contribution in [0.1, 0.15) is 16.5 Å². The lowest BCUT2D eigenvalue weighted by Crippen LogP contribution is -2.00. The molecular weight excluding hydrogens is 387 g/mol. The van der Waals surface area contributed by atoms with E-state index in [4.69, 9.17) is 11.6 Å². The van der Waals surface area contributed by atoms with Crippen LogP contribution in [0, 0.1) is 0 Å². The lowest BCUT2D eigenvalue weighted by molar-refractivity contribution is 0.181. The van der Waals surface area contributed by atoms with Crippen molar-refractivity contribution in [1.29, 1.82) is 0 Å². The molecule has 1 N–H and O–H groups in total. The summed E-state index contributed by atoms with van der Waals surface area (Å²) >= 11 is 14.4. The molecule has 2 rings (SSSR count). The zero-order valence-corrected chi connectivity index (χ0v) is 13.4. The third-order valence-electron chi connectivity index (χ3n) is 2.38. The minimum Gasteiger partial charge on any atom is -0.387 e. The summed E-state index contributed by atoms with van der Waals surface area (Å²) < 4.78 is 1.89. The first-order valence-corrected chi connectivity index (χ1v) is 7.77. The molecule has 0 bridgehead atoms. The first kappa shape index (κ1) is 13.6. The van der Waals surface area contributed by atoms with Gasteiger partial charge in [0.1, 0.15) is 0 Å². The first-order valence-electron chi connectivity index (χ1n) is 4.93. The highest BCUT2D eigenvalue weighted by Gasteiger charge is 2.15. The van der Waals surface area contributed by atoms with Crippen LogP contribution < -0.4 is 0 Å². The average Bonchev–Trinajstić information content (AvgIpc) is 2.68. The summed E-state index contributed by atoms with van der Waals surface area (Å²) in [5.74, 6) is 0. The van der Waals surface area contributed by atoms with Crippen molar-refractivity contribution in [3.05, 3.63) is 54.1 Å². The fourth-order valence-electron chi connectivity index (χ4n) is 1.53. The third kappa shape index (κ3) is 3.32. The van der Waals surface area contributed by atoms with E-state index in [1.807, 2.05) is 29.6 Å². The molecule has 1 unspecified atom stereocenters. The Labute approximate surface area is 126 Å². The molecule has 0 fully saturated rings. The Balaban J connectivity index is 2.19. The Kier molecular flexibility index (Phi) is 4.66. The SMILES string of the molecule is OC(Cc1ccc(Br)cc1Cl)c1sccc1Br. The lowest BCUT2D eigenvalue weighted by atomic mass is 10.1. The highest BCUT2D eigenvalue weighted by atomic mass is 79.9. The maximum Gasteiger partial charge on any atom is 0.0934 e. The maximum atomic E-state index is 10.1. The highest BCUT2D eigenvalue weighted by Crippen LogP contribution is 2.32. The second-order valence-electron chi connectivity index (χ2n) is 3.59. The van der Waals surface area contributed by atoms with Crippen LogP contribution in [0.15, 0.2) is 38.6 Å². The second-order valence-corrected chi connectivity index (χ2v) is 6.71. The molecule has 0 saturated carbocycles. The van der Waals surface area contributed by atoms with Crippen LogP contribution in [0.5, 0.6) is 0 Å². The van der Waals surface area contributed by atoms with E-state index in [2.05, 4.69) is 31.9 Å². The van der Waals surface area contributed by atoms with Crippen LogP contribution >= 0.6 is 54.8 Å². The topological polar surface area (TPSA) is 20.2 Å². The van der Waals surface area contributed by atoms with Crippen molar-refractivity contribution < 1.29 is 5.11 Å². The Morgan fingerprint density at radius 3 is 2.65 bits per heavy atom. The van der Waals surface area contributed by atoms with Gasteiger partial charge in [0, 0.05) is 25.3 Å². The highest BCUT2D eigenvalue weighted by molar-refractivity contribution is 9.10. The number of rotatable bonds is 3. The van der Waals surface area contributed by atoms with Crippen molar-refractivity contribution in [2.75, 3.05) is 0 Å². The van der Waals surface area contributed by atoms with Gasteiger partial charge in [0.15, 0.2) is 0 Å². The molecule has 0 amide bonds. The number of aliphatic hydroxyl groups excluding tert-OH is 1. The number of aliphatic hydroxyl groups is 1. The van der Waals surface area contributed by atoms with Crippen molar-refractivity contribution >= 4 is 54.8 Å². The minimum absolute atomic E-state index is 0.519. The third-order valence-corrected chi connectivity index (χ3v) is 5.19. The van der Waals surface area contributed by atoms with Gasteiger partial charge in [-0.3, -0.25) is 0 Å². The summed E-state index contributed by atoms with van der Waals surface area (Å²) in [6.45, 7) is 0. The molecule has 0 saturated heterocycles. The minimum atomic E-state index is -0.525. The van der Waals surface area contributed by atoms with Gasteiger partial charge in [-0.2, -0.15) is 0 Å². The summed E-state index contributed by atoms with van der Waals surface area (Å²) in [5, 5.41) is 12.8. The molecule has 0 aliphatic heterocycles. The van der Waals surface area contributed by atoms with E-state index < -0.39 is 6.10 Å². The quantitative estimate of drug-likeness (QED) is 0.756. The summed E-state index contributed by atoms with van der Waals surface area (Å²) in [6, 6.07) is 7.63. The Bertz CT molecular complexity index is 527. The van der Waals surface area contributed by atoms with Crippen molar-refractivity contribution in [2.24, 2.45) is 0 Å². The largest absolute Gasteiger partial charge is 0.387 e. The van der Waals surface area contributed by atoms with Crippen molar-refractivity contribution in [3.8, 4) is 0 Å². The maximum absolute atomic E-state index is 10.1. The smallest absolute Gasteiger partial charge is 0.0934 e. The van der Waals surface area contributed by atoms with E-state index in [1.54, 1.807) is 0 Å². The molecule has 5 heteroatoms. The number of hydrogen-bond donors (Lipinski definition) is 1. The molecule has 0 spiro atoms. The van der Waals surface area contributed by atoms with Gasteiger partial charge in [-0.1, -0.05) is 33.6 Å². The van der Waals surface area contributed by atoms with Crippen molar-refractivity contribution in [1.82, 2.24) is 0 Å². The van der Waals surface area contributed by atoms with Crippen LogP contribution in [-0.2, 0) is 6.42 Å². The van der Waals surface area contributed by atoms with Gasteiger partial charge >= 0.3 is 0 Å². The number of halogens is 3. The Morgan fingerprint density at radius 1 is 1.29 bits per heavy atom. The van der Waals surface area contributed by atoms with Gasteiger partial charge in [0.2, 0.25) is 0 Å². The number of benzene rings is 1. The van der Waals surface area contributed by atoms with Gasteiger partial charge in [0.25, 0.3) is 0 Å². The molecule has 1 aromatic heterocycles. The number of thiophene rings is 1.